The van der Waals surface area contributed by atoms with Gasteiger partial charge in [0.05, 0.1) is 18.9 Å². The fourth-order valence-corrected chi connectivity index (χ4v) is 3.30. The standard InChI is InChI=1S/C16H22N6O/c1-12-9-22-10-13(2-3-15(22)19-12)20-14-8-16(18-11-17-14)21-4-6-23-7-5-21/h8-9,11,13H,2-7,10H2,1H3,(H,17,18,20). The van der Waals surface area contributed by atoms with E-state index in [1.165, 1.54) is 5.82 Å². The van der Waals surface area contributed by atoms with E-state index in [9.17, 15) is 0 Å². The maximum atomic E-state index is 5.40. The van der Waals surface area contributed by atoms with Crippen LogP contribution in [0.1, 0.15) is 17.9 Å². The average molecular weight is 314 g/mol. The molecule has 7 nitrogen and oxygen atoms in total. The molecule has 0 saturated carbocycles. The fourth-order valence-electron chi connectivity index (χ4n) is 3.30. The van der Waals surface area contributed by atoms with Crippen LogP contribution in [0.3, 0.4) is 0 Å². The van der Waals surface area contributed by atoms with Crippen molar-refractivity contribution in [2.45, 2.75) is 32.4 Å². The third-order valence-corrected chi connectivity index (χ3v) is 4.45. The molecule has 0 aromatic carbocycles. The smallest absolute Gasteiger partial charge is 0.134 e. The molecule has 4 rings (SSSR count). The van der Waals surface area contributed by atoms with Gasteiger partial charge in [-0.2, -0.15) is 0 Å². The highest BCUT2D eigenvalue weighted by Crippen LogP contribution is 2.20. The second-order valence-electron chi connectivity index (χ2n) is 6.19. The molecule has 2 aromatic heterocycles. The van der Waals surface area contributed by atoms with E-state index in [4.69, 9.17) is 4.74 Å². The van der Waals surface area contributed by atoms with Crippen molar-refractivity contribution in [2.24, 2.45) is 0 Å². The molecule has 122 valence electrons. The Morgan fingerprint density at radius 3 is 3.00 bits per heavy atom. The third-order valence-electron chi connectivity index (χ3n) is 4.45. The number of fused-ring (bicyclic) bond motifs is 1. The van der Waals surface area contributed by atoms with Crippen molar-refractivity contribution >= 4 is 11.6 Å². The van der Waals surface area contributed by atoms with E-state index in [1.54, 1.807) is 6.33 Å². The number of nitrogens with one attached hydrogen (secondary N) is 1. The maximum Gasteiger partial charge on any atom is 0.134 e. The van der Waals surface area contributed by atoms with Gasteiger partial charge < -0.3 is 19.5 Å². The van der Waals surface area contributed by atoms with Gasteiger partial charge in [0.15, 0.2) is 0 Å². The molecule has 0 radical (unpaired) electrons. The number of imidazole rings is 1. The number of aromatic nitrogens is 4. The van der Waals surface area contributed by atoms with E-state index in [0.717, 1.165) is 63.0 Å². The molecule has 2 aliphatic rings. The first-order valence-electron chi connectivity index (χ1n) is 8.22. The second kappa shape index (κ2) is 6.16. The molecule has 1 saturated heterocycles. The van der Waals surface area contributed by atoms with Gasteiger partial charge in [0.25, 0.3) is 0 Å². The molecule has 1 unspecified atom stereocenters. The third kappa shape index (κ3) is 3.14. The quantitative estimate of drug-likeness (QED) is 0.919. The van der Waals surface area contributed by atoms with E-state index in [-0.39, 0.29) is 0 Å². The van der Waals surface area contributed by atoms with Gasteiger partial charge in [-0.25, -0.2) is 15.0 Å². The molecule has 0 bridgehead atoms. The molecular weight excluding hydrogens is 292 g/mol. The molecule has 2 aliphatic heterocycles. The molecule has 2 aromatic rings. The minimum Gasteiger partial charge on any atom is -0.378 e. The average Bonchev–Trinajstić information content (AvgIpc) is 2.95. The summed E-state index contributed by atoms with van der Waals surface area (Å²) >= 11 is 0. The molecular formula is C16H22N6O. The van der Waals surface area contributed by atoms with Crippen molar-refractivity contribution in [3.8, 4) is 0 Å². The zero-order valence-corrected chi connectivity index (χ0v) is 13.4. The van der Waals surface area contributed by atoms with Crippen LogP contribution in [0.2, 0.25) is 0 Å². The summed E-state index contributed by atoms with van der Waals surface area (Å²) in [6, 6.07) is 2.42. The van der Waals surface area contributed by atoms with Crippen LogP contribution >= 0.6 is 0 Å². The molecule has 7 heteroatoms. The fraction of sp³-hybridized carbons (Fsp3) is 0.562. The number of hydrogen-bond donors (Lipinski definition) is 1. The highest BCUT2D eigenvalue weighted by Gasteiger charge is 2.20. The maximum absolute atomic E-state index is 5.40. The lowest BCUT2D eigenvalue weighted by atomic mass is 10.1. The Hall–Kier alpha value is -2.15. The van der Waals surface area contributed by atoms with Crippen LogP contribution < -0.4 is 10.2 Å². The summed E-state index contributed by atoms with van der Waals surface area (Å²) in [5.41, 5.74) is 1.09. The Morgan fingerprint density at radius 1 is 1.26 bits per heavy atom. The van der Waals surface area contributed by atoms with Crippen molar-refractivity contribution in [3.05, 3.63) is 30.1 Å². The summed E-state index contributed by atoms with van der Waals surface area (Å²) in [6.07, 6.45) is 5.85. The molecule has 1 N–H and O–H groups in total. The first-order valence-corrected chi connectivity index (χ1v) is 8.22. The highest BCUT2D eigenvalue weighted by molar-refractivity contribution is 5.49. The molecule has 23 heavy (non-hydrogen) atoms. The Labute approximate surface area is 135 Å². The summed E-state index contributed by atoms with van der Waals surface area (Å²) in [7, 11) is 0. The number of rotatable bonds is 3. The molecule has 0 spiro atoms. The lowest BCUT2D eigenvalue weighted by Crippen LogP contribution is -2.37. The monoisotopic (exact) mass is 314 g/mol. The molecule has 1 fully saturated rings. The van der Waals surface area contributed by atoms with E-state index in [0.29, 0.717) is 6.04 Å². The van der Waals surface area contributed by atoms with Gasteiger partial charge in [-0.15, -0.1) is 0 Å². The summed E-state index contributed by atoms with van der Waals surface area (Å²) in [4.78, 5) is 15.6. The SMILES string of the molecule is Cc1cn2c(n1)CCC(Nc1cc(N3CCOCC3)ncn1)C2. The number of anilines is 2. The van der Waals surface area contributed by atoms with Crippen LogP contribution in [0.25, 0.3) is 0 Å². The van der Waals surface area contributed by atoms with Crippen LogP contribution in [0.4, 0.5) is 11.6 Å². The summed E-state index contributed by atoms with van der Waals surface area (Å²) in [5.74, 6) is 3.06. The van der Waals surface area contributed by atoms with Crippen molar-refractivity contribution in [2.75, 3.05) is 36.5 Å². The number of hydrogen-bond acceptors (Lipinski definition) is 6. The van der Waals surface area contributed by atoms with Crippen LogP contribution in [0.15, 0.2) is 18.6 Å². The number of nitrogens with zero attached hydrogens (tertiary/aromatic N) is 5. The number of morpholine rings is 1. The van der Waals surface area contributed by atoms with Gasteiger partial charge in [-0.05, 0) is 13.3 Å². The Kier molecular flexibility index (Phi) is 3.87. The van der Waals surface area contributed by atoms with Gasteiger partial charge in [0, 0.05) is 44.4 Å². The highest BCUT2D eigenvalue weighted by atomic mass is 16.5. The van der Waals surface area contributed by atoms with Gasteiger partial charge in [0.1, 0.15) is 23.8 Å². The summed E-state index contributed by atoms with van der Waals surface area (Å²) in [6.45, 7) is 6.28. The van der Waals surface area contributed by atoms with Gasteiger partial charge >= 0.3 is 0 Å². The van der Waals surface area contributed by atoms with E-state index in [2.05, 4.69) is 35.9 Å². The largest absolute Gasteiger partial charge is 0.378 e. The van der Waals surface area contributed by atoms with E-state index >= 15 is 0 Å². The zero-order chi connectivity index (χ0) is 15.6. The first kappa shape index (κ1) is 14.4. The Bertz CT molecular complexity index is 679. The van der Waals surface area contributed by atoms with Crippen LogP contribution in [-0.2, 0) is 17.7 Å². The van der Waals surface area contributed by atoms with Crippen LogP contribution in [0, 0.1) is 6.92 Å². The van der Waals surface area contributed by atoms with Gasteiger partial charge in [-0.3, -0.25) is 0 Å². The van der Waals surface area contributed by atoms with Crippen molar-refractivity contribution in [1.82, 2.24) is 19.5 Å². The van der Waals surface area contributed by atoms with Crippen molar-refractivity contribution in [3.63, 3.8) is 0 Å². The molecule has 0 amide bonds. The number of ether oxygens (including phenoxy) is 1. The lowest BCUT2D eigenvalue weighted by molar-refractivity contribution is 0.122. The van der Waals surface area contributed by atoms with Gasteiger partial charge in [-0.1, -0.05) is 0 Å². The topological polar surface area (TPSA) is 68.1 Å². The lowest BCUT2D eigenvalue weighted by Gasteiger charge is -2.28. The van der Waals surface area contributed by atoms with Crippen molar-refractivity contribution in [1.29, 1.82) is 0 Å². The molecule has 1 atom stereocenters. The summed E-state index contributed by atoms with van der Waals surface area (Å²) in [5, 5.41) is 3.55. The predicted octanol–water partition coefficient (Wildman–Crippen LogP) is 1.25. The minimum absolute atomic E-state index is 0.378. The Balaban J connectivity index is 1.45. The molecule has 4 heterocycles. The Morgan fingerprint density at radius 2 is 2.13 bits per heavy atom. The minimum atomic E-state index is 0.378. The predicted molar refractivity (Wildman–Crippen MR) is 87.8 cm³/mol. The number of aryl methyl sites for hydroxylation is 2. The van der Waals surface area contributed by atoms with E-state index < -0.39 is 0 Å². The second-order valence-corrected chi connectivity index (χ2v) is 6.19. The van der Waals surface area contributed by atoms with Gasteiger partial charge in [0.2, 0.25) is 0 Å². The normalized spacial score (nSPS) is 21.1. The summed E-state index contributed by atoms with van der Waals surface area (Å²) < 4.78 is 7.65. The van der Waals surface area contributed by atoms with Crippen LogP contribution in [-0.4, -0.2) is 51.9 Å². The zero-order valence-electron chi connectivity index (χ0n) is 13.4. The van der Waals surface area contributed by atoms with Crippen LogP contribution in [0.5, 0.6) is 0 Å². The van der Waals surface area contributed by atoms with Crippen molar-refractivity contribution < 1.29 is 4.74 Å². The molecule has 0 aliphatic carbocycles. The first-order chi connectivity index (χ1) is 11.3. The van der Waals surface area contributed by atoms with E-state index in [1.807, 2.05) is 13.0 Å².